The fraction of sp³-hybridized carbons (Fsp3) is 0.533. The van der Waals surface area contributed by atoms with Crippen LogP contribution in [-0.2, 0) is 11.3 Å². The van der Waals surface area contributed by atoms with Crippen LogP contribution >= 0.6 is 0 Å². The SMILES string of the molecule is CCNCc1cc(F)ccc1N1CCCC(C(N)=O)C1. The number of primary amides is 1. The summed E-state index contributed by atoms with van der Waals surface area (Å²) in [6.45, 7) is 4.98. The predicted octanol–water partition coefficient (Wildman–Crippen LogP) is 1.64. The van der Waals surface area contributed by atoms with Crippen molar-refractivity contribution >= 4 is 11.6 Å². The van der Waals surface area contributed by atoms with Crippen LogP contribution in [0.15, 0.2) is 18.2 Å². The molecular formula is C15H22FN3O. The van der Waals surface area contributed by atoms with Crippen LogP contribution < -0.4 is 16.0 Å². The smallest absolute Gasteiger partial charge is 0.222 e. The monoisotopic (exact) mass is 279 g/mol. The summed E-state index contributed by atoms with van der Waals surface area (Å²) < 4.78 is 13.4. The molecule has 1 aromatic carbocycles. The molecule has 1 unspecified atom stereocenters. The van der Waals surface area contributed by atoms with Crippen LogP contribution in [0.3, 0.4) is 0 Å². The molecule has 0 radical (unpaired) electrons. The van der Waals surface area contributed by atoms with Gasteiger partial charge in [0.15, 0.2) is 0 Å². The molecule has 2 rings (SSSR count). The molecule has 1 aromatic rings. The molecule has 3 N–H and O–H groups in total. The van der Waals surface area contributed by atoms with E-state index in [0.717, 1.165) is 37.2 Å². The molecule has 110 valence electrons. The van der Waals surface area contributed by atoms with Crippen molar-refractivity contribution in [1.29, 1.82) is 0 Å². The summed E-state index contributed by atoms with van der Waals surface area (Å²) in [7, 11) is 0. The second-order valence-corrected chi connectivity index (χ2v) is 5.24. The molecule has 0 saturated carbocycles. The molecule has 1 aliphatic heterocycles. The van der Waals surface area contributed by atoms with Gasteiger partial charge in [0.05, 0.1) is 5.92 Å². The minimum Gasteiger partial charge on any atom is -0.370 e. The third-order valence-electron chi connectivity index (χ3n) is 3.77. The molecule has 5 heteroatoms. The highest BCUT2D eigenvalue weighted by Gasteiger charge is 2.25. The van der Waals surface area contributed by atoms with Gasteiger partial charge in [-0.3, -0.25) is 4.79 Å². The molecule has 1 amide bonds. The second-order valence-electron chi connectivity index (χ2n) is 5.24. The van der Waals surface area contributed by atoms with Crippen LogP contribution in [0.25, 0.3) is 0 Å². The van der Waals surface area contributed by atoms with E-state index in [2.05, 4.69) is 10.2 Å². The highest BCUT2D eigenvalue weighted by Crippen LogP contribution is 2.27. The average molecular weight is 279 g/mol. The minimum absolute atomic E-state index is 0.110. The Labute approximate surface area is 119 Å². The van der Waals surface area contributed by atoms with Crippen LogP contribution in [0.5, 0.6) is 0 Å². The second kappa shape index (κ2) is 6.70. The normalized spacial score (nSPS) is 19.1. The van der Waals surface area contributed by atoms with Crippen molar-refractivity contribution in [3.63, 3.8) is 0 Å². The molecule has 1 saturated heterocycles. The summed E-state index contributed by atoms with van der Waals surface area (Å²) >= 11 is 0. The number of benzene rings is 1. The lowest BCUT2D eigenvalue weighted by Gasteiger charge is -2.34. The van der Waals surface area contributed by atoms with Crippen molar-refractivity contribution in [2.24, 2.45) is 11.7 Å². The number of carbonyl (C=O) groups is 1. The number of halogens is 1. The van der Waals surface area contributed by atoms with Crippen molar-refractivity contribution in [2.75, 3.05) is 24.5 Å². The van der Waals surface area contributed by atoms with E-state index in [0.29, 0.717) is 13.1 Å². The highest BCUT2D eigenvalue weighted by atomic mass is 19.1. The van der Waals surface area contributed by atoms with E-state index in [9.17, 15) is 9.18 Å². The maximum Gasteiger partial charge on any atom is 0.222 e. The number of nitrogens with one attached hydrogen (secondary N) is 1. The third-order valence-corrected chi connectivity index (χ3v) is 3.77. The Bertz CT molecular complexity index is 478. The van der Waals surface area contributed by atoms with E-state index in [1.807, 2.05) is 6.92 Å². The molecule has 1 heterocycles. The molecule has 1 atom stereocenters. The van der Waals surface area contributed by atoms with Gasteiger partial charge < -0.3 is 16.0 Å². The van der Waals surface area contributed by atoms with Crippen molar-refractivity contribution in [3.8, 4) is 0 Å². The lowest BCUT2D eigenvalue weighted by molar-refractivity contribution is -0.122. The number of hydrogen-bond acceptors (Lipinski definition) is 3. The molecule has 20 heavy (non-hydrogen) atoms. The first-order valence-electron chi connectivity index (χ1n) is 7.15. The Morgan fingerprint density at radius 3 is 3.05 bits per heavy atom. The quantitative estimate of drug-likeness (QED) is 0.861. The van der Waals surface area contributed by atoms with E-state index in [4.69, 9.17) is 5.73 Å². The van der Waals surface area contributed by atoms with Crippen LogP contribution in [0.2, 0.25) is 0 Å². The Morgan fingerprint density at radius 2 is 2.35 bits per heavy atom. The van der Waals surface area contributed by atoms with Crippen molar-refractivity contribution < 1.29 is 9.18 Å². The van der Waals surface area contributed by atoms with Gasteiger partial charge in [-0.2, -0.15) is 0 Å². The van der Waals surface area contributed by atoms with Crippen LogP contribution in [0, 0.1) is 11.7 Å². The van der Waals surface area contributed by atoms with Gasteiger partial charge in [-0.1, -0.05) is 6.92 Å². The third kappa shape index (κ3) is 3.48. The topological polar surface area (TPSA) is 58.4 Å². The van der Waals surface area contributed by atoms with E-state index >= 15 is 0 Å². The number of nitrogens with zero attached hydrogens (tertiary/aromatic N) is 1. The predicted molar refractivity (Wildman–Crippen MR) is 77.9 cm³/mol. The minimum atomic E-state index is -0.245. The first-order valence-corrected chi connectivity index (χ1v) is 7.15. The molecule has 0 bridgehead atoms. The van der Waals surface area contributed by atoms with Crippen LogP contribution in [0.1, 0.15) is 25.3 Å². The number of nitrogens with two attached hydrogens (primary N) is 1. The highest BCUT2D eigenvalue weighted by molar-refractivity contribution is 5.77. The van der Waals surface area contributed by atoms with E-state index in [1.54, 1.807) is 12.1 Å². The fourth-order valence-electron chi connectivity index (χ4n) is 2.69. The van der Waals surface area contributed by atoms with Crippen LogP contribution in [-0.4, -0.2) is 25.5 Å². The van der Waals surface area contributed by atoms with Crippen molar-refractivity contribution in [2.45, 2.75) is 26.3 Å². The number of anilines is 1. The fourth-order valence-corrected chi connectivity index (χ4v) is 2.69. The van der Waals surface area contributed by atoms with Gasteiger partial charge in [0, 0.05) is 25.3 Å². The van der Waals surface area contributed by atoms with Crippen LogP contribution in [0.4, 0.5) is 10.1 Å². The van der Waals surface area contributed by atoms with Gasteiger partial charge in [-0.15, -0.1) is 0 Å². The molecule has 0 spiro atoms. The zero-order valence-electron chi connectivity index (χ0n) is 11.9. The molecule has 0 aliphatic carbocycles. The summed E-state index contributed by atoms with van der Waals surface area (Å²) in [5, 5.41) is 3.22. The van der Waals surface area contributed by atoms with Gasteiger partial charge >= 0.3 is 0 Å². The van der Waals surface area contributed by atoms with Gasteiger partial charge in [0.25, 0.3) is 0 Å². The van der Waals surface area contributed by atoms with Gasteiger partial charge in [0.2, 0.25) is 5.91 Å². The summed E-state index contributed by atoms with van der Waals surface area (Å²) in [5.74, 6) is -0.587. The van der Waals surface area contributed by atoms with E-state index < -0.39 is 0 Å². The van der Waals surface area contributed by atoms with Crippen molar-refractivity contribution in [3.05, 3.63) is 29.6 Å². The zero-order valence-corrected chi connectivity index (χ0v) is 11.9. The Kier molecular flexibility index (Phi) is 4.95. The number of piperidine rings is 1. The maximum atomic E-state index is 13.4. The molecule has 0 aromatic heterocycles. The number of rotatable bonds is 5. The zero-order chi connectivity index (χ0) is 14.5. The molecule has 1 fully saturated rings. The summed E-state index contributed by atoms with van der Waals surface area (Å²) in [6.07, 6.45) is 1.78. The van der Waals surface area contributed by atoms with E-state index in [-0.39, 0.29) is 17.6 Å². The van der Waals surface area contributed by atoms with Gasteiger partial charge in [0.1, 0.15) is 5.82 Å². The molecule has 4 nitrogen and oxygen atoms in total. The Morgan fingerprint density at radius 1 is 1.55 bits per heavy atom. The first kappa shape index (κ1) is 14.8. The number of carbonyl (C=O) groups excluding carboxylic acids is 1. The summed E-state index contributed by atoms with van der Waals surface area (Å²) in [6, 6.07) is 4.83. The number of hydrogen-bond donors (Lipinski definition) is 2. The standard InChI is InChI=1S/C15H22FN3O/c1-2-18-9-12-8-13(16)5-6-14(12)19-7-3-4-11(10-19)15(17)20/h5-6,8,11,18H,2-4,7,9-10H2,1H3,(H2,17,20). The van der Waals surface area contributed by atoms with Crippen molar-refractivity contribution in [1.82, 2.24) is 5.32 Å². The average Bonchev–Trinajstić information content (AvgIpc) is 2.45. The lowest BCUT2D eigenvalue weighted by Crippen LogP contribution is -2.41. The van der Waals surface area contributed by atoms with E-state index in [1.165, 1.54) is 6.07 Å². The summed E-state index contributed by atoms with van der Waals surface area (Å²) in [4.78, 5) is 13.5. The van der Waals surface area contributed by atoms with Gasteiger partial charge in [-0.25, -0.2) is 4.39 Å². The Balaban J connectivity index is 2.20. The van der Waals surface area contributed by atoms with Gasteiger partial charge in [-0.05, 0) is 43.1 Å². The first-order chi connectivity index (χ1) is 9.61. The molecule has 1 aliphatic rings. The maximum absolute atomic E-state index is 13.4. The lowest BCUT2D eigenvalue weighted by atomic mass is 9.96. The Hall–Kier alpha value is -1.62. The summed E-state index contributed by atoms with van der Waals surface area (Å²) in [5.41, 5.74) is 7.34. The number of amides is 1. The molecular weight excluding hydrogens is 257 g/mol. The largest absolute Gasteiger partial charge is 0.370 e.